The van der Waals surface area contributed by atoms with E-state index in [1.54, 1.807) is 0 Å². The van der Waals surface area contributed by atoms with Crippen molar-refractivity contribution < 1.29 is 0 Å². The molecule has 1 aliphatic heterocycles. The van der Waals surface area contributed by atoms with Crippen LogP contribution in [0.1, 0.15) is 12.0 Å². The lowest BCUT2D eigenvalue weighted by Crippen LogP contribution is -2.27. The lowest BCUT2D eigenvalue weighted by molar-refractivity contribution is 0.284. The molecule has 124 valence electrons. The fourth-order valence-corrected chi connectivity index (χ4v) is 2.81. The minimum Gasteiger partial charge on any atom is -0.329 e. The van der Waals surface area contributed by atoms with Crippen LogP contribution < -0.4 is 10.2 Å². The molecule has 3 rings (SSSR count). The van der Waals surface area contributed by atoms with Crippen LogP contribution in [0.15, 0.2) is 48.7 Å². The summed E-state index contributed by atoms with van der Waals surface area (Å²) in [7, 11) is 2.05. The summed E-state index contributed by atoms with van der Waals surface area (Å²) in [6.45, 7) is 5.49. The van der Waals surface area contributed by atoms with Gasteiger partial charge in [0.15, 0.2) is 0 Å². The van der Waals surface area contributed by atoms with Crippen molar-refractivity contribution in [2.24, 2.45) is 0 Å². The molecular weight excluding hydrogens is 308 g/mol. The molecule has 0 aliphatic carbocycles. The van der Waals surface area contributed by atoms with E-state index in [1.165, 1.54) is 18.5 Å². The third-order valence-corrected chi connectivity index (χ3v) is 4.14. The molecular formula is C18H25ClN4. The predicted octanol–water partition coefficient (Wildman–Crippen LogP) is 3.07. The fraction of sp³-hybridized carbons (Fsp3) is 0.389. The van der Waals surface area contributed by atoms with Crippen molar-refractivity contribution in [1.29, 1.82) is 0 Å². The minimum atomic E-state index is 0. The van der Waals surface area contributed by atoms with E-state index in [0.29, 0.717) is 0 Å². The molecule has 1 aromatic heterocycles. The Kier molecular flexibility index (Phi) is 6.84. The molecule has 1 saturated heterocycles. The molecule has 0 radical (unpaired) electrons. The number of rotatable bonds is 4. The van der Waals surface area contributed by atoms with Crippen molar-refractivity contribution in [1.82, 2.24) is 15.2 Å². The molecule has 1 fully saturated rings. The van der Waals surface area contributed by atoms with E-state index in [1.807, 2.05) is 24.4 Å². The molecule has 2 heterocycles. The van der Waals surface area contributed by atoms with Gasteiger partial charge in [0.1, 0.15) is 5.82 Å². The first-order valence-electron chi connectivity index (χ1n) is 8.00. The number of para-hydroxylation sites is 1. The number of benzene rings is 1. The molecule has 5 heteroatoms. The molecule has 1 aromatic carbocycles. The Morgan fingerprint density at radius 2 is 1.91 bits per heavy atom. The number of pyridine rings is 1. The summed E-state index contributed by atoms with van der Waals surface area (Å²) < 4.78 is 0. The van der Waals surface area contributed by atoms with Gasteiger partial charge in [0, 0.05) is 38.6 Å². The second kappa shape index (κ2) is 8.87. The van der Waals surface area contributed by atoms with Crippen molar-refractivity contribution in [2.75, 3.05) is 38.1 Å². The molecule has 1 aliphatic rings. The second-order valence-corrected chi connectivity index (χ2v) is 5.80. The zero-order valence-corrected chi connectivity index (χ0v) is 14.4. The summed E-state index contributed by atoms with van der Waals surface area (Å²) in [6.07, 6.45) is 3.23. The zero-order chi connectivity index (χ0) is 15.2. The van der Waals surface area contributed by atoms with E-state index in [2.05, 4.69) is 51.4 Å². The number of halogens is 1. The topological polar surface area (TPSA) is 31.4 Å². The molecule has 0 spiro atoms. The number of nitrogens with zero attached hydrogens (tertiary/aromatic N) is 3. The lowest BCUT2D eigenvalue weighted by atomic mass is 10.2. The van der Waals surface area contributed by atoms with Gasteiger partial charge in [-0.15, -0.1) is 12.4 Å². The molecule has 23 heavy (non-hydrogen) atoms. The molecule has 0 saturated carbocycles. The number of hydrogen-bond donors (Lipinski definition) is 1. The van der Waals surface area contributed by atoms with Gasteiger partial charge >= 0.3 is 0 Å². The Balaban J connectivity index is 0.00000192. The maximum Gasteiger partial charge on any atom is 0.132 e. The zero-order valence-electron chi connectivity index (χ0n) is 13.6. The van der Waals surface area contributed by atoms with E-state index < -0.39 is 0 Å². The summed E-state index contributed by atoms with van der Waals surface area (Å²) in [5.74, 6) is 0.979. The molecule has 0 unspecified atom stereocenters. The monoisotopic (exact) mass is 332 g/mol. The van der Waals surface area contributed by atoms with Crippen LogP contribution >= 0.6 is 12.4 Å². The van der Waals surface area contributed by atoms with Crippen molar-refractivity contribution in [3.05, 3.63) is 54.2 Å². The Bertz CT molecular complexity index is 565. The van der Waals surface area contributed by atoms with Crippen molar-refractivity contribution in [3.8, 4) is 0 Å². The Hall–Kier alpha value is -1.62. The summed E-state index contributed by atoms with van der Waals surface area (Å²) in [5.41, 5.74) is 2.44. The number of hydrogen-bond acceptors (Lipinski definition) is 4. The first kappa shape index (κ1) is 17.7. The van der Waals surface area contributed by atoms with Gasteiger partial charge in [0.2, 0.25) is 0 Å². The van der Waals surface area contributed by atoms with Crippen LogP contribution in [0.4, 0.5) is 11.5 Å². The van der Waals surface area contributed by atoms with E-state index in [4.69, 9.17) is 0 Å². The molecule has 0 bridgehead atoms. The largest absolute Gasteiger partial charge is 0.329 e. The third kappa shape index (κ3) is 4.93. The van der Waals surface area contributed by atoms with Gasteiger partial charge in [-0.2, -0.15) is 0 Å². The Morgan fingerprint density at radius 3 is 2.65 bits per heavy atom. The highest BCUT2D eigenvalue weighted by molar-refractivity contribution is 5.85. The van der Waals surface area contributed by atoms with E-state index in [0.717, 1.165) is 37.7 Å². The van der Waals surface area contributed by atoms with Crippen molar-refractivity contribution in [3.63, 3.8) is 0 Å². The summed E-state index contributed by atoms with van der Waals surface area (Å²) in [4.78, 5) is 9.24. The highest BCUT2D eigenvalue weighted by atomic mass is 35.5. The molecule has 4 nitrogen and oxygen atoms in total. The van der Waals surface area contributed by atoms with Crippen LogP contribution in [0, 0.1) is 0 Å². The van der Waals surface area contributed by atoms with Crippen LogP contribution in [0.25, 0.3) is 0 Å². The van der Waals surface area contributed by atoms with Crippen LogP contribution in [-0.4, -0.2) is 43.1 Å². The Morgan fingerprint density at radius 1 is 1.09 bits per heavy atom. The lowest BCUT2D eigenvalue weighted by Gasteiger charge is -2.21. The highest BCUT2D eigenvalue weighted by Gasteiger charge is 2.10. The third-order valence-electron chi connectivity index (χ3n) is 4.14. The smallest absolute Gasteiger partial charge is 0.132 e. The number of nitrogens with one attached hydrogen (secondary N) is 1. The first-order valence-corrected chi connectivity index (χ1v) is 8.00. The molecule has 1 N–H and O–H groups in total. The van der Waals surface area contributed by atoms with Gasteiger partial charge in [-0.1, -0.05) is 24.3 Å². The fourth-order valence-electron chi connectivity index (χ4n) is 2.81. The van der Waals surface area contributed by atoms with E-state index in [-0.39, 0.29) is 12.4 Å². The molecule has 2 aromatic rings. The van der Waals surface area contributed by atoms with Crippen LogP contribution in [0.2, 0.25) is 0 Å². The number of aromatic nitrogens is 1. The normalized spacial score (nSPS) is 15.5. The van der Waals surface area contributed by atoms with Gasteiger partial charge in [-0.3, -0.25) is 4.90 Å². The maximum absolute atomic E-state index is 4.63. The molecule has 0 amide bonds. The van der Waals surface area contributed by atoms with E-state index >= 15 is 0 Å². The van der Waals surface area contributed by atoms with Crippen molar-refractivity contribution in [2.45, 2.75) is 13.0 Å². The molecule has 0 atom stereocenters. The standard InChI is InChI=1S/C18H24N4.ClH/c1-21(17-6-3-2-4-7-17)18-9-8-16(14-20-18)15-22-12-5-10-19-11-13-22;/h2-4,6-9,14,19H,5,10-13,15H2,1H3;1H. The maximum atomic E-state index is 4.63. The van der Waals surface area contributed by atoms with Gasteiger partial charge in [0.25, 0.3) is 0 Å². The van der Waals surface area contributed by atoms with Crippen LogP contribution in [0.5, 0.6) is 0 Å². The minimum absolute atomic E-state index is 0. The summed E-state index contributed by atoms with van der Waals surface area (Å²) in [6, 6.07) is 14.6. The predicted molar refractivity (Wildman–Crippen MR) is 98.8 cm³/mol. The van der Waals surface area contributed by atoms with E-state index in [9.17, 15) is 0 Å². The average molecular weight is 333 g/mol. The summed E-state index contributed by atoms with van der Waals surface area (Å²) >= 11 is 0. The van der Waals surface area contributed by atoms with Gasteiger partial charge in [-0.05, 0) is 43.3 Å². The van der Waals surface area contributed by atoms with Crippen molar-refractivity contribution >= 4 is 23.9 Å². The Labute approximate surface area is 144 Å². The average Bonchev–Trinajstić information content (AvgIpc) is 2.84. The van der Waals surface area contributed by atoms with Gasteiger partial charge in [-0.25, -0.2) is 4.98 Å². The second-order valence-electron chi connectivity index (χ2n) is 5.80. The van der Waals surface area contributed by atoms with Gasteiger partial charge in [0.05, 0.1) is 0 Å². The highest BCUT2D eigenvalue weighted by Crippen LogP contribution is 2.21. The first-order chi connectivity index (χ1) is 10.8. The van der Waals surface area contributed by atoms with Crippen LogP contribution in [-0.2, 0) is 6.54 Å². The van der Waals surface area contributed by atoms with Crippen LogP contribution in [0.3, 0.4) is 0 Å². The number of anilines is 2. The SMILES string of the molecule is CN(c1ccccc1)c1ccc(CN2CCCNCC2)cn1.Cl. The quantitative estimate of drug-likeness (QED) is 0.932. The van der Waals surface area contributed by atoms with Gasteiger partial charge < -0.3 is 10.2 Å². The summed E-state index contributed by atoms with van der Waals surface area (Å²) in [5, 5.41) is 3.44.